The number of halogens is 3. The third-order valence-electron chi connectivity index (χ3n) is 5.77. The number of aliphatic carboxylic acids is 1. The monoisotopic (exact) mass is 505 g/mol. The zero-order valence-corrected chi connectivity index (χ0v) is 19.5. The summed E-state index contributed by atoms with van der Waals surface area (Å²) in [4.78, 5) is 35.3. The fourth-order valence-corrected chi connectivity index (χ4v) is 3.88. The van der Waals surface area contributed by atoms with E-state index in [4.69, 9.17) is 15.6 Å². The molecule has 3 aromatic rings. The lowest BCUT2D eigenvalue weighted by atomic mass is 10.1. The van der Waals surface area contributed by atoms with Crippen molar-refractivity contribution in [1.29, 1.82) is 0 Å². The first-order valence-electron chi connectivity index (χ1n) is 11.2. The zero-order valence-electron chi connectivity index (χ0n) is 19.5. The maximum absolute atomic E-state index is 12.7. The largest absolute Gasteiger partial charge is 0.490 e. The van der Waals surface area contributed by atoms with E-state index in [1.165, 1.54) is 6.42 Å². The van der Waals surface area contributed by atoms with Crippen molar-refractivity contribution in [1.82, 2.24) is 14.7 Å². The molecule has 36 heavy (non-hydrogen) atoms. The second-order valence-electron chi connectivity index (χ2n) is 8.37. The number of nitrogens with two attached hydrogens (primary N) is 1. The van der Waals surface area contributed by atoms with Crippen LogP contribution in [-0.4, -0.2) is 63.4 Å². The molecule has 1 unspecified atom stereocenters. The molecule has 0 saturated carbocycles. The third kappa shape index (κ3) is 6.60. The number of likely N-dealkylation sites (N-methyl/N-ethyl adjacent to an activating group) is 1. The van der Waals surface area contributed by atoms with E-state index < -0.39 is 18.1 Å². The van der Waals surface area contributed by atoms with Gasteiger partial charge in [0.25, 0.3) is 5.91 Å². The standard InChI is InChI=1S/C22H25N5O2.C2HF3O2/c1-26-13-4-2-3-8-19(26)22(29)24-16-9-11-17(12-10-16)27-14-15-6-5-7-18(21(23)28)20(15)25-27;3-2(4,5)1(6)7/h5-7,9-12,14,19H,2-4,8,13H2,1H3,(H2,23,28)(H,24,29);(H,6,7). The van der Waals surface area contributed by atoms with Gasteiger partial charge in [-0.3, -0.25) is 14.5 Å². The minimum atomic E-state index is -5.08. The molecule has 192 valence electrons. The SMILES string of the molecule is CN1CCCCCC1C(=O)Nc1ccc(-n2cc3cccc(C(N)=O)c3n2)cc1.O=C(O)C(F)(F)F. The number of primary amides is 1. The topological polar surface area (TPSA) is 131 Å². The molecule has 1 atom stereocenters. The summed E-state index contributed by atoms with van der Waals surface area (Å²) in [6.07, 6.45) is 1.07. The summed E-state index contributed by atoms with van der Waals surface area (Å²) in [6.45, 7) is 0.956. The van der Waals surface area contributed by atoms with Gasteiger partial charge in [-0.2, -0.15) is 18.3 Å². The number of hydrogen-bond donors (Lipinski definition) is 3. The summed E-state index contributed by atoms with van der Waals surface area (Å²) in [7, 11) is 2.02. The van der Waals surface area contributed by atoms with Gasteiger partial charge in [0.15, 0.2) is 0 Å². The number of anilines is 1. The number of fused-ring (bicyclic) bond motifs is 1. The quantitative estimate of drug-likeness (QED) is 0.497. The fraction of sp³-hybridized carbons (Fsp3) is 0.333. The molecule has 0 aliphatic carbocycles. The summed E-state index contributed by atoms with van der Waals surface area (Å²) in [5, 5.41) is 15.5. The van der Waals surface area contributed by atoms with E-state index in [-0.39, 0.29) is 11.9 Å². The van der Waals surface area contributed by atoms with Crippen molar-refractivity contribution in [3.63, 3.8) is 0 Å². The van der Waals surface area contributed by atoms with Gasteiger partial charge in [0.05, 0.1) is 17.3 Å². The number of nitrogens with one attached hydrogen (secondary N) is 1. The Labute approximate surface area is 204 Å². The summed E-state index contributed by atoms with van der Waals surface area (Å²) in [5.41, 5.74) is 8.01. The molecule has 1 saturated heterocycles. The first kappa shape index (κ1) is 26.7. The molecule has 1 fully saturated rings. The molecule has 2 amide bonds. The number of carbonyl (C=O) groups is 3. The molecule has 4 rings (SSSR count). The lowest BCUT2D eigenvalue weighted by Crippen LogP contribution is -2.41. The first-order chi connectivity index (χ1) is 17.0. The van der Waals surface area contributed by atoms with E-state index in [2.05, 4.69) is 15.3 Å². The fourth-order valence-electron chi connectivity index (χ4n) is 3.88. The Bertz CT molecular complexity index is 1240. The zero-order chi connectivity index (χ0) is 26.5. The van der Waals surface area contributed by atoms with Crippen LogP contribution in [0.4, 0.5) is 18.9 Å². The number of carbonyl (C=O) groups excluding carboxylic acids is 2. The molecule has 1 aromatic heterocycles. The molecule has 12 heteroatoms. The third-order valence-corrected chi connectivity index (χ3v) is 5.77. The molecule has 0 bridgehead atoms. The van der Waals surface area contributed by atoms with Crippen LogP contribution in [0.2, 0.25) is 0 Å². The van der Waals surface area contributed by atoms with Crippen LogP contribution in [0, 0.1) is 0 Å². The number of aromatic nitrogens is 2. The van der Waals surface area contributed by atoms with Gasteiger partial charge in [-0.15, -0.1) is 0 Å². The smallest absolute Gasteiger partial charge is 0.475 e. The van der Waals surface area contributed by atoms with E-state index in [1.54, 1.807) is 16.8 Å². The van der Waals surface area contributed by atoms with Crippen molar-refractivity contribution >= 4 is 34.4 Å². The van der Waals surface area contributed by atoms with Crippen LogP contribution in [0.3, 0.4) is 0 Å². The number of benzene rings is 2. The highest BCUT2D eigenvalue weighted by atomic mass is 19.4. The lowest BCUT2D eigenvalue weighted by molar-refractivity contribution is -0.192. The number of carboxylic acids is 1. The minimum absolute atomic E-state index is 0.0399. The van der Waals surface area contributed by atoms with Gasteiger partial charge in [0, 0.05) is 17.3 Å². The van der Waals surface area contributed by atoms with Crippen LogP contribution < -0.4 is 11.1 Å². The van der Waals surface area contributed by atoms with Crippen LogP contribution in [0.1, 0.15) is 36.0 Å². The van der Waals surface area contributed by atoms with Crippen LogP contribution in [-0.2, 0) is 9.59 Å². The molecular formula is C24H26F3N5O4. The Hall–Kier alpha value is -3.93. The molecule has 0 radical (unpaired) electrons. The van der Waals surface area contributed by atoms with Gasteiger partial charge >= 0.3 is 12.1 Å². The molecule has 4 N–H and O–H groups in total. The average molecular weight is 505 g/mol. The predicted molar refractivity (Wildman–Crippen MR) is 127 cm³/mol. The summed E-state index contributed by atoms with van der Waals surface area (Å²) in [5.74, 6) is -3.21. The van der Waals surface area contributed by atoms with Crippen molar-refractivity contribution in [2.75, 3.05) is 18.9 Å². The van der Waals surface area contributed by atoms with Crippen LogP contribution in [0.25, 0.3) is 16.6 Å². The van der Waals surface area contributed by atoms with Crippen molar-refractivity contribution in [3.05, 3.63) is 54.2 Å². The summed E-state index contributed by atoms with van der Waals surface area (Å²) < 4.78 is 33.4. The van der Waals surface area contributed by atoms with E-state index in [9.17, 15) is 22.8 Å². The van der Waals surface area contributed by atoms with Gasteiger partial charge in [-0.1, -0.05) is 25.0 Å². The second-order valence-corrected chi connectivity index (χ2v) is 8.37. The van der Waals surface area contributed by atoms with Crippen LogP contribution in [0.15, 0.2) is 48.7 Å². The van der Waals surface area contributed by atoms with E-state index in [1.807, 2.05) is 43.6 Å². The Morgan fingerprint density at radius 1 is 1.08 bits per heavy atom. The maximum atomic E-state index is 12.7. The number of hydrogen-bond acceptors (Lipinski definition) is 5. The Morgan fingerprint density at radius 2 is 1.75 bits per heavy atom. The van der Waals surface area contributed by atoms with E-state index >= 15 is 0 Å². The second kappa shape index (κ2) is 11.2. The number of alkyl halides is 3. The highest BCUT2D eigenvalue weighted by Gasteiger charge is 2.38. The van der Waals surface area contributed by atoms with Gasteiger partial charge in [0.2, 0.25) is 5.91 Å². The number of nitrogens with zero attached hydrogens (tertiary/aromatic N) is 3. The Kier molecular flexibility index (Phi) is 8.30. The molecule has 2 heterocycles. The molecule has 1 aliphatic rings. The Morgan fingerprint density at radius 3 is 2.36 bits per heavy atom. The lowest BCUT2D eigenvalue weighted by Gasteiger charge is -2.24. The van der Waals surface area contributed by atoms with Crippen molar-refractivity contribution in [2.45, 2.75) is 37.9 Å². The van der Waals surface area contributed by atoms with Gasteiger partial charge < -0.3 is 16.2 Å². The normalized spacial score (nSPS) is 16.5. The maximum Gasteiger partial charge on any atom is 0.490 e. The first-order valence-corrected chi connectivity index (χ1v) is 11.2. The Balaban J connectivity index is 0.000000454. The van der Waals surface area contributed by atoms with Gasteiger partial charge in [-0.25, -0.2) is 9.48 Å². The number of carboxylic acid groups (broad SMARTS) is 1. The summed E-state index contributed by atoms with van der Waals surface area (Å²) >= 11 is 0. The molecule has 1 aliphatic heterocycles. The number of likely N-dealkylation sites (tertiary alicyclic amines) is 1. The minimum Gasteiger partial charge on any atom is -0.475 e. The van der Waals surface area contributed by atoms with Crippen LogP contribution >= 0.6 is 0 Å². The average Bonchev–Trinajstić information content (AvgIpc) is 3.14. The van der Waals surface area contributed by atoms with E-state index in [0.717, 1.165) is 42.6 Å². The molecule has 0 spiro atoms. The van der Waals surface area contributed by atoms with Gasteiger partial charge in [0.1, 0.15) is 5.52 Å². The van der Waals surface area contributed by atoms with E-state index in [0.29, 0.717) is 11.1 Å². The van der Waals surface area contributed by atoms with Crippen molar-refractivity contribution < 1.29 is 32.7 Å². The van der Waals surface area contributed by atoms with Gasteiger partial charge in [-0.05, 0) is 56.8 Å². The highest BCUT2D eigenvalue weighted by molar-refractivity contribution is 6.04. The molecule has 2 aromatic carbocycles. The van der Waals surface area contributed by atoms with Crippen molar-refractivity contribution in [3.8, 4) is 5.69 Å². The highest BCUT2D eigenvalue weighted by Crippen LogP contribution is 2.21. The number of amides is 2. The molecule has 9 nitrogen and oxygen atoms in total. The van der Waals surface area contributed by atoms with Crippen molar-refractivity contribution in [2.24, 2.45) is 5.73 Å². The summed E-state index contributed by atoms with van der Waals surface area (Å²) in [6, 6.07) is 12.8. The predicted octanol–water partition coefficient (Wildman–Crippen LogP) is 3.57. The molecular weight excluding hydrogens is 479 g/mol. The number of rotatable bonds is 4. The van der Waals surface area contributed by atoms with Crippen LogP contribution in [0.5, 0.6) is 0 Å².